The smallest absolute Gasteiger partial charge is 0.275 e. The molecule has 162 valence electrons. The van der Waals surface area contributed by atoms with Crippen LogP contribution in [0.4, 0.5) is 5.69 Å². The molecule has 3 aromatic rings. The third-order valence-electron chi connectivity index (χ3n) is 5.08. The second kappa shape index (κ2) is 9.67. The number of amides is 1. The van der Waals surface area contributed by atoms with Crippen LogP contribution in [0.3, 0.4) is 0 Å². The lowest BCUT2D eigenvalue weighted by molar-refractivity contribution is 0.0740. The van der Waals surface area contributed by atoms with Crippen molar-refractivity contribution >= 4 is 34.8 Å². The lowest BCUT2D eigenvalue weighted by atomic mass is 9.87. The molecule has 0 aliphatic rings. The Balaban J connectivity index is 1.83. The van der Waals surface area contributed by atoms with Crippen LogP contribution in [-0.2, 0) is 18.4 Å². The van der Waals surface area contributed by atoms with Crippen LogP contribution in [-0.4, -0.2) is 27.3 Å². The van der Waals surface area contributed by atoms with Gasteiger partial charge < -0.3 is 10.6 Å². The topological polar surface area (TPSA) is 72.1 Å². The highest BCUT2D eigenvalue weighted by Gasteiger charge is 2.21. The minimum absolute atomic E-state index is 0.0668. The Bertz CT molecular complexity index is 1060. The van der Waals surface area contributed by atoms with Crippen LogP contribution in [0.25, 0.3) is 0 Å². The lowest BCUT2D eigenvalue weighted by Gasteiger charge is -2.24. The standard InChI is InChI=1S/C24H26Cl2N4O/c1-24(2,3)18-7-4-17(5-8-18)14-30(23(31)22-21(27)13-28-15-29-22)11-10-16-6-9-19(25)20(26)12-16/h4-9,12-13,15H,10-11,14,27H2,1-3H3. The van der Waals surface area contributed by atoms with Crippen LogP contribution in [0, 0.1) is 0 Å². The molecular formula is C24H26Cl2N4O. The molecule has 2 aromatic carbocycles. The summed E-state index contributed by atoms with van der Waals surface area (Å²) in [5, 5.41) is 1.00. The lowest BCUT2D eigenvalue weighted by Crippen LogP contribution is -2.33. The molecule has 0 unspecified atom stereocenters. The molecule has 5 nitrogen and oxygen atoms in total. The average Bonchev–Trinajstić information content (AvgIpc) is 2.73. The van der Waals surface area contributed by atoms with Crippen LogP contribution in [0.2, 0.25) is 10.0 Å². The molecule has 0 aliphatic carbocycles. The summed E-state index contributed by atoms with van der Waals surface area (Å²) in [7, 11) is 0. The van der Waals surface area contributed by atoms with Gasteiger partial charge in [-0.2, -0.15) is 0 Å². The molecule has 1 heterocycles. The van der Waals surface area contributed by atoms with Crippen molar-refractivity contribution in [1.82, 2.24) is 14.9 Å². The van der Waals surface area contributed by atoms with Gasteiger partial charge in [0, 0.05) is 13.1 Å². The first-order chi connectivity index (χ1) is 14.6. The fraction of sp³-hybridized carbons (Fsp3) is 0.292. The molecule has 1 aromatic heterocycles. The van der Waals surface area contributed by atoms with E-state index in [4.69, 9.17) is 28.9 Å². The Hall–Kier alpha value is -2.63. The van der Waals surface area contributed by atoms with Gasteiger partial charge in [0.1, 0.15) is 6.33 Å². The highest BCUT2D eigenvalue weighted by Crippen LogP contribution is 2.24. The first-order valence-electron chi connectivity index (χ1n) is 10.0. The number of anilines is 1. The summed E-state index contributed by atoms with van der Waals surface area (Å²) in [6.07, 6.45) is 3.39. The van der Waals surface area contributed by atoms with E-state index >= 15 is 0 Å². The van der Waals surface area contributed by atoms with Crippen molar-refractivity contribution in [2.24, 2.45) is 0 Å². The number of halogens is 2. The Morgan fingerprint density at radius 3 is 2.32 bits per heavy atom. The summed E-state index contributed by atoms with van der Waals surface area (Å²) >= 11 is 12.2. The molecule has 0 saturated carbocycles. The van der Waals surface area contributed by atoms with E-state index in [0.29, 0.717) is 29.6 Å². The van der Waals surface area contributed by atoms with Crippen LogP contribution >= 0.6 is 23.2 Å². The summed E-state index contributed by atoms with van der Waals surface area (Å²) in [5.41, 5.74) is 9.75. The molecule has 0 fully saturated rings. The number of carbonyl (C=O) groups is 1. The van der Waals surface area contributed by atoms with E-state index in [1.54, 1.807) is 11.0 Å². The zero-order valence-corrected chi connectivity index (χ0v) is 19.4. The number of benzene rings is 2. The molecule has 0 saturated heterocycles. The van der Waals surface area contributed by atoms with Gasteiger partial charge in [0.05, 0.1) is 21.9 Å². The fourth-order valence-corrected chi connectivity index (χ4v) is 3.53. The molecular weight excluding hydrogens is 431 g/mol. The second-order valence-corrected chi connectivity index (χ2v) is 9.31. The van der Waals surface area contributed by atoms with Crippen molar-refractivity contribution in [3.63, 3.8) is 0 Å². The van der Waals surface area contributed by atoms with Gasteiger partial charge >= 0.3 is 0 Å². The number of carbonyl (C=O) groups excluding carboxylic acids is 1. The maximum absolute atomic E-state index is 13.2. The normalized spacial score (nSPS) is 11.4. The largest absolute Gasteiger partial charge is 0.396 e. The van der Waals surface area contributed by atoms with Crippen LogP contribution < -0.4 is 5.73 Å². The molecule has 0 bridgehead atoms. The second-order valence-electron chi connectivity index (χ2n) is 8.50. The number of hydrogen-bond acceptors (Lipinski definition) is 4. The van der Waals surface area contributed by atoms with E-state index in [2.05, 4.69) is 55.0 Å². The summed E-state index contributed by atoms with van der Waals surface area (Å²) in [4.78, 5) is 23.0. The maximum atomic E-state index is 13.2. The number of nitrogens with two attached hydrogens (primary N) is 1. The molecule has 1 amide bonds. The van der Waals surface area contributed by atoms with Crippen molar-refractivity contribution in [3.8, 4) is 0 Å². The molecule has 2 N–H and O–H groups in total. The van der Waals surface area contributed by atoms with Crippen molar-refractivity contribution in [1.29, 1.82) is 0 Å². The van der Waals surface area contributed by atoms with Gasteiger partial charge in [-0.05, 0) is 40.7 Å². The molecule has 31 heavy (non-hydrogen) atoms. The van der Waals surface area contributed by atoms with E-state index < -0.39 is 0 Å². The SMILES string of the molecule is CC(C)(C)c1ccc(CN(CCc2ccc(Cl)c(Cl)c2)C(=O)c2ncncc2N)cc1. The van der Waals surface area contributed by atoms with Gasteiger partial charge in [-0.1, -0.05) is 74.3 Å². The summed E-state index contributed by atoms with van der Waals surface area (Å²) in [6, 6.07) is 13.8. The zero-order chi connectivity index (χ0) is 22.6. The number of rotatable bonds is 6. The summed E-state index contributed by atoms with van der Waals surface area (Å²) in [6.45, 7) is 7.43. The summed E-state index contributed by atoms with van der Waals surface area (Å²) < 4.78 is 0. The first-order valence-corrected chi connectivity index (χ1v) is 10.8. The highest BCUT2D eigenvalue weighted by atomic mass is 35.5. The Labute approximate surface area is 193 Å². The summed E-state index contributed by atoms with van der Waals surface area (Å²) in [5.74, 6) is -0.236. The molecule has 0 spiro atoms. The van der Waals surface area contributed by atoms with E-state index in [1.807, 2.05) is 12.1 Å². The maximum Gasteiger partial charge on any atom is 0.275 e. The predicted octanol–water partition coefficient (Wildman–Crippen LogP) is 5.55. The van der Waals surface area contributed by atoms with E-state index in [9.17, 15) is 4.79 Å². The third-order valence-corrected chi connectivity index (χ3v) is 5.82. The Kier molecular flexibility index (Phi) is 7.19. The average molecular weight is 457 g/mol. The van der Waals surface area contributed by atoms with Gasteiger partial charge in [-0.25, -0.2) is 9.97 Å². The minimum atomic E-state index is -0.236. The van der Waals surface area contributed by atoms with Gasteiger partial charge in [-0.15, -0.1) is 0 Å². The molecule has 0 radical (unpaired) electrons. The van der Waals surface area contributed by atoms with E-state index in [1.165, 1.54) is 18.1 Å². The zero-order valence-electron chi connectivity index (χ0n) is 17.9. The Morgan fingerprint density at radius 1 is 1.03 bits per heavy atom. The molecule has 7 heteroatoms. The number of aromatic nitrogens is 2. The predicted molar refractivity (Wildman–Crippen MR) is 126 cm³/mol. The van der Waals surface area contributed by atoms with Gasteiger partial charge in [-0.3, -0.25) is 4.79 Å². The molecule has 0 atom stereocenters. The van der Waals surface area contributed by atoms with Crippen molar-refractivity contribution in [2.75, 3.05) is 12.3 Å². The molecule has 0 aliphatic heterocycles. The monoisotopic (exact) mass is 456 g/mol. The minimum Gasteiger partial charge on any atom is -0.396 e. The van der Waals surface area contributed by atoms with Gasteiger partial charge in [0.2, 0.25) is 0 Å². The van der Waals surface area contributed by atoms with Crippen molar-refractivity contribution < 1.29 is 4.79 Å². The van der Waals surface area contributed by atoms with Gasteiger partial charge in [0.25, 0.3) is 5.91 Å². The number of nitrogen functional groups attached to an aromatic ring is 1. The first kappa shape index (κ1) is 23.0. The number of nitrogens with zero attached hydrogens (tertiary/aromatic N) is 3. The molecule has 3 rings (SSSR count). The fourth-order valence-electron chi connectivity index (χ4n) is 3.21. The van der Waals surface area contributed by atoms with Crippen LogP contribution in [0.15, 0.2) is 55.0 Å². The Morgan fingerprint density at radius 2 is 1.71 bits per heavy atom. The van der Waals surface area contributed by atoms with Crippen LogP contribution in [0.5, 0.6) is 0 Å². The van der Waals surface area contributed by atoms with Crippen molar-refractivity contribution in [3.05, 3.63) is 87.4 Å². The van der Waals surface area contributed by atoms with E-state index in [-0.39, 0.29) is 22.7 Å². The van der Waals surface area contributed by atoms with Crippen LogP contribution in [0.1, 0.15) is 48.0 Å². The number of hydrogen-bond donors (Lipinski definition) is 1. The van der Waals surface area contributed by atoms with Gasteiger partial charge in [0.15, 0.2) is 5.69 Å². The van der Waals surface area contributed by atoms with E-state index in [0.717, 1.165) is 11.1 Å². The highest BCUT2D eigenvalue weighted by molar-refractivity contribution is 6.42. The quantitative estimate of drug-likeness (QED) is 0.527. The van der Waals surface area contributed by atoms with Crippen molar-refractivity contribution in [2.45, 2.75) is 39.2 Å². The third kappa shape index (κ3) is 5.96.